The monoisotopic (exact) mass is 340 g/mol. The lowest BCUT2D eigenvalue weighted by Gasteiger charge is -2.22. The zero-order valence-corrected chi connectivity index (χ0v) is 14.2. The number of rotatable bonds is 7. The molecule has 0 aromatic carbocycles. The van der Waals surface area contributed by atoms with Crippen molar-refractivity contribution in [2.24, 2.45) is 5.92 Å². The highest BCUT2D eigenvalue weighted by Gasteiger charge is 2.15. The third-order valence-corrected chi connectivity index (χ3v) is 4.58. The van der Waals surface area contributed by atoms with Crippen LogP contribution in [0.4, 0.5) is 11.9 Å². The van der Waals surface area contributed by atoms with E-state index in [1.54, 1.807) is 0 Å². The van der Waals surface area contributed by atoms with Crippen LogP contribution in [0.25, 0.3) is 0 Å². The highest BCUT2D eigenvalue weighted by molar-refractivity contribution is 6.28. The van der Waals surface area contributed by atoms with Gasteiger partial charge in [0.1, 0.15) is 0 Å². The summed E-state index contributed by atoms with van der Waals surface area (Å²) in [7, 11) is 0. The average molecular weight is 341 g/mol. The van der Waals surface area contributed by atoms with Gasteiger partial charge in [0.25, 0.3) is 0 Å². The topological polar surface area (TPSA) is 75.2 Å². The Kier molecular flexibility index (Phi) is 6.24. The Bertz CT molecular complexity index is 491. The first kappa shape index (κ1) is 16.7. The number of nitrogens with zero attached hydrogens (tertiary/aromatic N) is 4. The van der Waals surface area contributed by atoms with Gasteiger partial charge in [0.05, 0.1) is 0 Å². The van der Waals surface area contributed by atoms with E-state index in [9.17, 15) is 0 Å². The summed E-state index contributed by atoms with van der Waals surface area (Å²) in [6.45, 7) is 6.74. The first-order valence-corrected chi connectivity index (χ1v) is 8.87. The Labute approximate surface area is 142 Å². The van der Waals surface area contributed by atoms with Crippen molar-refractivity contribution >= 4 is 23.5 Å². The second-order valence-electron chi connectivity index (χ2n) is 6.16. The molecular formula is C15H25ClN6O. The molecule has 1 aromatic rings. The molecule has 2 saturated heterocycles. The minimum absolute atomic E-state index is 0.221. The number of hydrogen-bond acceptors (Lipinski definition) is 7. The zero-order chi connectivity index (χ0) is 15.9. The van der Waals surface area contributed by atoms with Gasteiger partial charge in [-0.1, -0.05) is 0 Å². The van der Waals surface area contributed by atoms with Gasteiger partial charge in [0.2, 0.25) is 17.2 Å². The van der Waals surface area contributed by atoms with E-state index in [2.05, 4.69) is 30.5 Å². The van der Waals surface area contributed by atoms with Crippen molar-refractivity contribution in [3.63, 3.8) is 0 Å². The number of halogens is 1. The van der Waals surface area contributed by atoms with Gasteiger partial charge in [0.15, 0.2) is 0 Å². The van der Waals surface area contributed by atoms with Crippen LogP contribution in [-0.4, -0.2) is 65.8 Å². The molecule has 2 aliphatic rings. The van der Waals surface area contributed by atoms with Crippen molar-refractivity contribution in [3.8, 4) is 0 Å². The lowest BCUT2D eigenvalue weighted by Crippen LogP contribution is -2.26. The van der Waals surface area contributed by atoms with Crippen molar-refractivity contribution in [2.45, 2.75) is 25.7 Å². The first-order valence-electron chi connectivity index (χ1n) is 8.49. The Morgan fingerprint density at radius 2 is 1.74 bits per heavy atom. The van der Waals surface area contributed by atoms with E-state index in [0.29, 0.717) is 17.8 Å². The standard InChI is InChI=1S/C15H25ClN6O/c16-13-19-14(17-5-8-22-6-1-2-7-22)21-15(20-13)18-11-12-3-9-23-10-4-12/h12H,1-11H2,(H2,17,18,19,20,21). The van der Waals surface area contributed by atoms with E-state index in [1.165, 1.54) is 25.9 Å². The molecule has 0 amide bonds. The molecular weight excluding hydrogens is 316 g/mol. The van der Waals surface area contributed by atoms with Gasteiger partial charge in [0, 0.05) is 32.8 Å². The molecule has 0 atom stereocenters. The van der Waals surface area contributed by atoms with Crippen LogP contribution < -0.4 is 10.6 Å². The number of nitrogens with one attached hydrogen (secondary N) is 2. The van der Waals surface area contributed by atoms with E-state index in [1.807, 2.05) is 0 Å². The molecule has 3 rings (SSSR count). The van der Waals surface area contributed by atoms with Crippen LogP contribution in [-0.2, 0) is 4.74 Å². The summed E-state index contributed by atoms with van der Waals surface area (Å²) in [5, 5.41) is 6.74. The third-order valence-electron chi connectivity index (χ3n) is 4.41. The fraction of sp³-hybridized carbons (Fsp3) is 0.800. The smallest absolute Gasteiger partial charge is 0.228 e. The average Bonchev–Trinajstić information content (AvgIpc) is 3.07. The van der Waals surface area contributed by atoms with Crippen LogP contribution in [0.15, 0.2) is 0 Å². The Morgan fingerprint density at radius 3 is 2.48 bits per heavy atom. The molecule has 2 aliphatic heterocycles. The van der Waals surface area contributed by atoms with E-state index in [4.69, 9.17) is 16.3 Å². The molecule has 0 saturated carbocycles. The maximum atomic E-state index is 6.00. The molecule has 0 radical (unpaired) electrons. The number of ether oxygens (including phenoxy) is 1. The first-order chi connectivity index (χ1) is 11.3. The van der Waals surface area contributed by atoms with Crippen LogP contribution in [0.3, 0.4) is 0 Å². The molecule has 3 heterocycles. The van der Waals surface area contributed by atoms with Crippen molar-refractivity contribution in [1.29, 1.82) is 0 Å². The van der Waals surface area contributed by atoms with E-state index < -0.39 is 0 Å². The van der Waals surface area contributed by atoms with Crippen LogP contribution in [0.2, 0.25) is 5.28 Å². The second kappa shape index (κ2) is 8.61. The summed E-state index contributed by atoms with van der Waals surface area (Å²) in [5.41, 5.74) is 0. The largest absolute Gasteiger partial charge is 0.381 e. The Morgan fingerprint density at radius 1 is 1.04 bits per heavy atom. The van der Waals surface area contributed by atoms with Gasteiger partial charge in [-0.15, -0.1) is 0 Å². The van der Waals surface area contributed by atoms with Crippen molar-refractivity contribution in [1.82, 2.24) is 19.9 Å². The van der Waals surface area contributed by atoms with Crippen molar-refractivity contribution < 1.29 is 4.74 Å². The highest BCUT2D eigenvalue weighted by Crippen LogP contribution is 2.16. The van der Waals surface area contributed by atoms with Gasteiger partial charge in [-0.3, -0.25) is 0 Å². The molecule has 128 valence electrons. The summed E-state index contributed by atoms with van der Waals surface area (Å²) < 4.78 is 5.37. The lowest BCUT2D eigenvalue weighted by molar-refractivity contribution is 0.0699. The molecule has 7 nitrogen and oxygen atoms in total. The van der Waals surface area contributed by atoms with Crippen LogP contribution in [0, 0.1) is 5.92 Å². The van der Waals surface area contributed by atoms with Crippen molar-refractivity contribution in [3.05, 3.63) is 5.28 Å². The van der Waals surface area contributed by atoms with E-state index >= 15 is 0 Å². The fourth-order valence-corrected chi connectivity index (χ4v) is 3.19. The highest BCUT2D eigenvalue weighted by atomic mass is 35.5. The predicted octanol–water partition coefficient (Wildman–Crippen LogP) is 1.87. The number of anilines is 2. The molecule has 2 N–H and O–H groups in total. The number of likely N-dealkylation sites (tertiary alicyclic amines) is 1. The van der Waals surface area contributed by atoms with Gasteiger partial charge >= 0.3 is 0 Å². The van der Waals surface area contributed by atoms with Crippen LogP contribution in [0.5, 0.6) is 0 Å². The van der Waals surface area contributed by atoms with Gasteiger partial charge in [-0.2, -0.15) is 15.0 Å². The molecule has 0 spiro atoms. The molecule has 1 aromatic heterocycles. The summed E-state index contributed by atoms with van der Waals surface area (Å²) in [6.07, 6.45) is 4.76. The lowest BCUT2D eigenvalue weighted by atomic mass is 10.0. The number of hydrogen-bond donors (Lipinski definition) is 2. The van der Waals surface area contributed by atoms with Crippen LogP contribution >= 0.6 is 11.6 Å². The maximum absolute atomic E-state index is 6.00. The predicted molar refractivity (Wildman–Crippen MR) is 91.0 cm³/mol. The van der Waals surface area contributed by atoms with Crippen molar-refractivity contribution in [2.75, 3.05) is 56.6 Å². The normalized spacial score (nSPS) is 19.9. The molecule has 2 fully saturated rings. The van der Waals surface area contributed by atoms with Gasteiger partial charge < -0.3 is 20.3 Å². The van der Waals surface area contributed by atoms with Crippen LogP contribution in [0.1, 0.15) is 25.7 Å². The molecule has 0 aliphatic carbocycles. The summed E-state index contributed by atoms with van der Waals surface area (Å²) in [4.78, 5) is 15.1. The maximum Gasteiger partial charge on any atom is 0.228 e. The quantitative estimate of drug-likeness (QED) is 0.784. The fourth-order valence-electron chi connectivity index (χ4n) is 3.03. The molecule has 8 heteroatoms. The zero-order valence-electron chi connectivity index (χ0n) is 13.4. The summed E-state index contributed by atoms with van der Waals surface area (Å²) in [5.74, 6) is 1.68. The van der Waals surface area contributed by atoms with E-state index in [-0.39, 0.29) is 5.28 Å². The molecule has 23 heavy (non-hydrogen) atoms. The second-order valence-corrected chi connectivity index (χ2v) is 6.50. The van der Waals surface area contributed by atoms with Gasteiger partial charge in [-0.25, -0.2) is 0 Å². The summed E-state index contributed by atoms with van der Waals surface area (Å²) >= 11 is 6.00. The summed E-state index contributed by atoms with van der Waals surface area (Å²) in [6, 6.07) is 0. The number of aromatic nitrogens is 3. The minimum Gasteiger partial charge on any atom is -0.381 e. The van der Waals surface area contributed by atoms with E-state index in [0.717, 1.165) is 45.7 Å². The molecule has 0 unspecified atom stereocenters. The molecule has 0 bridgehead atoms. The Balaban J connectivity index is 1.47. The third kappa shape index (κ3) is 5.44. The SMILES string of the molecule is Clc1nc(NCCN2CCCC2)nc(NCC2CCOCC2)n1. The Hall–Kier alpha value is -1.18. The van der Waals surface area contributed by atoms with Gasteiger partial charge in [-0.05, 0) is 56.3 Å². The minimum atomic E-state index is 0.221.